The number of carbonyl (C=O) groups is 4. The van der Waals surface area contributed by atoms with Crippen LogP contribution in [-0.4, -0.2) is 48.2 Å². The zero-order valence-electron chi connectivity index (χ0n) is 17.9. The molecular formula is C20H21F6NO7. The predicted molar refractivity (Wildman–Crippen MR) is 101 cm³/mol. The van der Waals surface area contributed by atoms with E-state index in [0.29, 0.717) is 12.1 Å². The highest BCUT2D eigenvalue weighted by Gasteiger charge is 2.39. The lowest BCUT2D eigenvalue weighted by molar-refractivity contribution is -0.160. The van der Waals surface area contributed by atoms with Crippen LogP contribution in [0, 0.1) is 5.92 Å². The minimum atomic E-state index is -5.15. The van der Waals surface area contributed by atoms with Crippen LogP contribution in [0.25, 0.3) is 0 Å². The van der Waals surface area contributed by atoms with Gasteiger partial charge in [0, 0.05) is 0 Å². The van der Waals surface area contributed by atoms with Gasteiger partial charge in [-0.1, -0.05) is 0 Å². The first-order valence-electron chi connectivity index (χ1n) is 9.72. The van der Waals surface area contributed by atoms with E-state index in [1.165, 1.54) is 13.8 Å². The molecule has 1 aromatic carbocycles. The number of halogens is 6. The topological polar surface area (TPSA) is 119 Å². The van der Waals surface area contributed by atoms with E-state index in [-0.39, 0.29) is 19.3 Å². The molecule has 190 valence electrons. The monoisotopic (exact) mass is 501 g/mol. The second-order valence-corrected chi connectivity index (χ2v) is 6.84. The Morgan fingerprint density at radius 1 is 0.912 bits per heavy atom. The fraction of sp³-hybridized carbons (Fsp3) is 0.500. The number of alkyl halides is 6. The maximum atomic E-state index is 13.0. The molecule has 1 rings (SSSR count). The number of hydrogen-bond donors (Lipinski definition) is 2. The molecule has 14 heteroatoms. The number of amides is 1. The lowest BCUT2D eigenvalue weighted by Gasteiger charge is -2.23. The van der Waals surface area contributed by atoms with Gasteiger partial charge in [-0.25, -0.2) is 4.79 Å². The standard InChI is InChI=1S/C20H21F6NO7/c1-3-33-15(29)9-13(18(32)34-4-2)16(17(30)31)27-14(28)7-10-5-11(19(21,22)23)8-12(6-10)20(24,25)26/h5-6,8,13,16H,3-4,7,9H2,1-2H3,(H,27,28)(H,30,31)/t13-,16-/m1/s1. The number of carboxylic acid groups (broad SMARTS) is 1. The van der Waals surface area contributed by atoms with Crippen molar-refractivity contribution in [3.63, 3.8) is 0 Å². The SMILES string of the molecule is CCOC(=O)C[C@@H](C(=O)OCC)[C@@H](NC(=O)Cc1cc(C(F)(F)F)cc(C(F)(F)F)c1)C(=O)O. The molecule has 1 amide bonds. The number of ether oxygens (including phenoxy) is 2. The fourth-order valence-corrected chi connectivity index (χ4v) is 2.85. The molecule has 8 nitrogen and oxygen atoms in total. The van der Waals surface area contributed by atoms with Gasteiger partial charge < -0.3 is 19.9 Å². The predicted octanol–water partition coefficient (Wildman–Crippen LogP) is 2.97. The second kappa shape index (κ2) is 11.7. The smallest absolute Gasteiger partial charge is 0.416 e. The van der Waals surface area contributed by atoms with Crippen LogP contribution in [0.1, 0.15) is 37.0 Å². The molecule has 2 N–H and O–H groups in total. The van der Waals surface area contributed by atoms with Crippen LogP contribution in [0.3, 0.4) is 0 Å². The molecule has 0 aromatic heterocycles. The summed E-state index contributed by atoms with van der Waals surface area (Å²) < 4.78 is 87.4. The molecule has 0 unspecified atom stereocenters. The van der Waals surface area contributed by atoms with Gasteiger partial charge in [-0.3, -0.25) is 14.4 Å². The van der Waals surface area contributed by atoms with Gasteiger partial charge in [0.15, 0.2) is 0 Å². The lowest BCUT2D eigenvalue weighted by Crippen LogP contribution is -2.50. The summed E-state index contributed by atoms with van der Waals surface area (Å²) in [6.45, 7) is 2.52. The van der Waals surface area contributed by atoms with Crippen LogP contribution in [0.2, 0.25) is 0 Å². The summed E-state index contributed by atoms with van der Waals surface area (Å²) in [7, 11) is 0. The summed E-state index contributed by atoms with van der Waals surface area (Å²) in [5, 5.41) is 11.3. The van der Waals surface area contributed by atoms with Crippen molar-refractivity contribution in [3.05, 3.63) is 34.9 Å². The molecule has 0 bridgehead atoms. The Labute approximate surface area is 189 Å². The third-order valence-electron chi connectivity index (χ3n) is 4.28. The van der Waals surface area contributed by atoms with E-state index in [0.717, 1.165) is 0 Å². The number of hydrogen-bond acceptors (Lipinski definition) is 6. The summed E-state index contributed by atoms with van der Waals surface area (Å²) >= 11 is 0. The van der Waals surface area contributed by atoms with Crippen LogP contribution < -0.4 is 5.32 Å². The van der Waals surface area contributed by atoms with Gasteiger partial charge in [-0.05, 0) is 37.6 Å². The van der Waals surface area contributed by atoms with Gasteiger partial charge in [0.25, 0.3) is 0 Å². The van der Waals surface area contributed by atoms with E-state index in [1.54, 1.807) is 0 Å². The summed E-state index contributed by atoms with van der Waals surface area (Å²) in [6.07, 6.45) is -12.2. The Morgan fingerprint density at radius 3 is 1.82 bits per heavy atom. The minimum Gasteiger partial charge on any atom is -0.480 e. The first-order chi connectivity index (χ1) is 15.6. The van der Waals surface area contributed by atoms with Crippen LogP contribution in [0.4, 0.5) is 26.3 Å². The summed E-state index contributed by atoms with van der Waals surface area (Å²) in [4.78, 5) is 48.0. The van der Waals surface area contributed by atoms with Gasteiger partial charge in [-0.2, -0.15) is 26.3 Å². The third-order valence-corrected chi connectivity index (χ3v) is 4.28. The van der Waals surface area contributed by atoms with Crippen LogP contribution in [-0.2, 0) is 47.4 Å². The molecule has 0 spiro atoms. The molecule has 0 saturated carbocycles. The van der Waals surface area contributed by atoms with Crippen molar-refractivity contribution in [2.45, 2.75) is 45.1 Å². The normalized spacial score (nSPS) is 13.5. The highest BCUT2D eigenvalue weighted by atomic mass is 19.4. The van der Waals surface area contributed by atoms with Crippen molar-refractivity contribution in [2.24, 2.45) is 5.92 Å². The molecule has 34 heavy (non-hydrogen) atoms. The third kappa shape index (κ3) is 8.56. The molecule has 0 radical (unpaired) electrons. The highest BCUT2D eigenvalue weighted by Crippen LogP contribution is 2.36. The van der Waals surface area contributed by atoms with Crippen LogP contribution in [0.5, 0.6) is 0 Å². The Morgan fingerprint density at radius 2 is 1.41 bits per heavy atom. The molecule has 0 heterocycles. The van der Waals surface area contributed by atoms with E-state index in [2.05, 4.69) is 4.74 Å². The molecule has 0 saturated heterocycles. The van der Waals surface area contributed by atoms with Crippen molar-refractivity contribution < 1.29 is 60.1 Å². The molecular weight excluding hydrogens is 480 g/mol. The highest BCUT2D eigenvalue weighted by molar-refractivity contribution is 5.91. The number of rotatable bonds is 10. The number of carbonyl (C=O) groups excluding carboxylic acids is 3. The van der Waals surface area contributed by atoms with Crippen LogP contribution >= 0.6 is 0 Å². The van der Waals surface area contributed by atoms with E-state index in [1.807, 2.05) is 5.32 Å². The summed E-state index contributed by atoms with van der Waals surface area (Å²) in [5.41, 5.74) is -4.03. The fourth-order valence-electron chi connectivity index (χ4n) is 2.85. The number of carboxylic acids is 1. The van der Waals surface area contributed by atoms with E-state index in [4.69, 9.17) is 4.74 Å². The van der Waals surface area contributed by atoms with Crippen molar-refractivity contribution in [1.29, 1.82) is 0 Å². The van der Waals surface area contributed by atoms with E-state index >= 15 is 0 Å². The first kappa shape index (κ1) is 28.7. The number of aliphatic carboxylic acids is 1. The summed E-state index contributed by atoms with van der Waals surface area (Å²) in [6, 6.07) is -1.58. The Hall–Kier alpha value is -3.32. The molecule has 0 aliphatic rings. The van der Waals surface area contributed by atoms with Crippen molar-refractivity contribution >= 4 is 23.8 Å². The number of nitrogens with one attached hydrogen (secondary N) is 1. The maximum absolute atomic E-state index is 13.0. The van der Waals surface area contributed by atoms with Crippen LogP contribution in [0.15, 0.2) is 18.2 Å². The Kier molecular flexibility index (Phi) is 9.88. The molecule has 2 atom stereocenters. The van der Waals surface area contributed by atoms with Crippen molar-refractivity contribution in [2.75, 3.05) is 13.2 Å². The van der Waals surface area contributed by atoms with Gasteiger partial charge in [0.05, 0.1) is 43.1 Å². The van der Waals surface area contributed by atoms with E-state index in [9.17, 15) is 50.6 Å². The molecule has 1 aromatic rings. The van der Waals surface area contributed by atoms with Gasteiger partial charge in [0.2, 0.25) is 5.91 Å². The van der Waals surface area contributed by atoms with Gasteiger partial charge >= 0.3 is 30.3 Å². The number of esters is 2. The quantitative estimate of drug-likeness (QED) is 0.374. The lowest BCUT2D eigenvalue weighted by atomic mass is 9.95. The largest absolute Gasteiger partial charge is 0.480 e. The van der Waals surface area contributed by atoms with Gasteiger partial charge in [-0.15, -0.1) is 0 Å². The van der Waals surface area contributed by atoms with E-state index < -0.39 is 77.7 Å². The summed E-state index contributed by atoms with van der Waals surface area (Å²) in [5.74, 6) is -7.04. The average molecular weight is 501 g/mol. The zero-order valence-corrected chi connectivity index (χ0v) is 17.9. The molecule has 0 aliphatic heterocycles. The van der Waals surface area contributed by atoms with Crippen molar-refractivity contribution in [1.82, 2.24) is 5.32 Å². The zero-order chi connectivity index (χ0) is 26.3. The van der Waals surface area contributed by atoms with Gasteiger partial charge in [0.1, 0.15) is 6.04 Å². The average Bonchev–Trinajstić information content (AvgIpc) is 2.69. The number of benzene rings is 1. The second-order valence-electron chi connectivity index (χ2n) is 6.84. The minimum absolute atomic E-state index is 0.102. The Balaban J connectivity index is 3.23. The van der Waals surface area contributed by atoms with Crippen molar-refractivity contribution in [3.8, 4) is 0 Å². The molecule has 0 fully saturated rings. The molecule has 0 aliphatic carbocycles. The Bertz CT molecular complexity index is 881. The maximum Gasteiger partial charge on any atom is 0.416 e. The first-order valence-corrected chi connectivity index (χ1v) is 9.72.